The first-order valence-electron chi connectivity index (χ1n) is 9.36. The Morgan fingerprint density at radius 3 is 1.38 bits per heavy atom. The van der Waals surface area contributed by atoms with Crippen LogP contribution in [0.3, 0.4) is 0 Å². The Labute approximate surface area is 134 Å². The summed E-state index contributed by atoms with van der Waals surface area (Å²) in [6.45, 7) is 8.66. The minimum absolute atomic E-state index is 0.0474. The molecule has 0 rings (SSSR count). The molecule has 0 heterocycles. The number of hydrogen-bond acceptors (Lipinski definition) is 2. The van der Waals surface area contributed by atoms with Crippen LogP contribution in [0.4, 0.5) is 0 Å². The summed E-state index contributed by atoms with van der Waals surface area (Å²) >= 11 is 0. The summed E-state index contributed by atoms with van der Waals surface area (Å²) in [4.78, 5) is 11.9. The van der Waals surface area contributed by atoms with Crippen molar-refractivity contribution >= 4 is 14.3 Å². The molecule has 3 heteroatoms. The van der Waals surface area contributed by atoms with Gasteiger partial charge in [-0.2, -0.15) is 0 Å². The van der Waals surface area contributed by atoms with Gasteiger partial charge in [-0.3, -0.25) is 4.79 Å². The van der Waals surface area contributed by atoms with Crippen molar-refractivity contribution in [3.63, 3.8) is 0 Å². The molecule has 0 fully saturated rings. The zero-order chi connectivity index (χ0) is 16.0. The second kappa shape index (κ2) is 13.4. The normalized spacial score (nSPS) is 11.6. The maximum Gasteiger partial charge on any atom is 0.292 e. The van der Waals surface area contributed by atoms with E-state index in [0.717, 1.165) is 0 Å². The average Bonchev–Trinajstić information content (AvgIpc) is 2.48. The lowest BCUT2D eigenvalue weighted by Gasteiger charge is -2.31. The van der Waals surface area contributed by atoms with E-state index in [1.54, 1.807) is 0 Å². The number of hydrogen-bond donors (Lipinski definition) is 0. The third-order valence-electron chi connectivity index (χ3n) is 4.33. The molecule has 2 nitrogen and oxygen atoms in total. The highest BCUT2D eigenvalue weighted by Crippen LogP contribution is 2.30. The van der Waals surface area contributed by atoms with Crippen LogP contribution < -0.4 is 0 Å². The van der Waals surface area contributed by atoms with E-state index in [9.17, 15) is 4.79 Å². The van der Waals surface area contributed by atoms with Gasteiger partial charge in [0, 0.05) is 6.42 Å². The molecule has 0 aliphatic rings. The van der Waals surface area contributed by atoms with Crippen LogP contribution in [0.15, 0.2) is 0 Å². The number of unbranched alkanes of at least 4 members (excludes halogenated alkanes) is 6. The molecule has 0 aliphatic heterocycles. The van der Waals surface area contributed by atoms with E-state index >= 15 is 0 Å². The maximum absolute atomic E-state index is 11.9. The average molecular weight is 315 g/mol. The molecule has 0 aromatic rings. The van der Waals surface area contributed by atoms with Gasteiger partial charge in [-0.25, -0.2) is 0 Å². The predicted octanol–water partition coefficient (Wildman–Crippen LogP) is 6.46. The van der Waals surface area contributed by atoms with Gasteiger partial charge in [-0.15, -0.1) is 0 Å². The minimum atomic E-state index is -1.84. The summed E-state index contributed by atoms with van der Waals surface area (Å²) in [5.74, 6) is 0.0474. The van der Waals surface area contributed by atoms with E-state index in [0.29, 0.717) is 6.42 Å². The summed E-state index contributed by atoms with van der Waals surface area (Å²) in [6, 6.07) is 3.58. The zero-order valence-corrected chi connectivity index (χ0v) is 16.0. The molecule has 0 N–H and O–H groups in total. The zero-order valence-electron chi connectivity index (χ0n) is 15.0. The first-order chi connectivity index (χ1) is 10.1. The largest absolute Gasteiger partial charge is 0.519 e. The van der Waals surface area contributed by atoms with Crippen molar-refractivity contribution in [2.45, 2.75) is 110 Å². The van der Waals surface area contributed by atoms with E-state index < -0.39 is 8.32 Å². The highest BCUT2D eigenvalue weighted by Gasteiger charge is 2.36. The molecule has 0 aromatic heterocycles. The summed E-state index contributed by atoms with van der Waals surface area (Å²) in [6.07, 6.45) is 11.8. The molecule has 0 amide bonds. The second-order valence-electron chi connectivity index (χ2n) is 6.38. The fourth-order valence-electron chi connectivity index (χ4n) is 2.93. The summed E-state index contributed by atoms with van der Waals surface area (Å²) in [5.41, 5.74) is 0. The highest BCUT2D eigenvalue weighted by molar-refractivity contribution is 6.75. The fourth-order valence-corrected chi connectivity index (χ4v) is 7.30. The van der Waals surface area contributed by atoms with Crippen molar-refractivity contribution in [1.82, 2.24) is 0 Å². The van der Waals surface area contributed by atoms with Crippen LogP contribution in [0.2, 0.25) is 18.1 Å². The minimum Gasteiger partial charge on any atom is -0.519 e. The van der Waals surface area contributed by atoms with Crippen LogP contribution in [0.1, 0.15) is 91.9 Å². The lowest BCUT2D eigenvalue weighted by atomic mass is 10.3. The SMILES string of the molecule is CCCCC[Si](CCCCC)(CCCCC)OC(=O)CC. The topological polar surface area (TPSA) is 26.3 Å². The van der Waals surface area contributed by atoms with Crippen LogP contribution in [0.25, 0.3) is 0 Å². The number of rotatable bonds is 14. The summed E-state index contributed by atoms with van der Waals surface area (Å²) in [7, 11) is -1.84. The standard InChI is InChI=1S/C18H38O2Si/c1-5-9-12-15-21(16-13-10-6-2,17-14-11-7-3)20-18(19)8-4/h5-17H2,1-4H3. The van der Waals surface area contributed by atoms with Crippen molar-refractivity contribution in [1.29, 1.82) is 0 Å². The molecule has 0 spiro atoms. The van der Waals surface area contributed by atoms with Crippen LogP contribution >= 0.6 is 0 Å². The maximum atomic E-state index is 11.9. The van der Waals surface area contributed by atoms with Gasteiger partial charge in [-0.1, -0.05) is 85.5 Å². The highest BCUT2D eigenvalue weighted by atomic mass is 28.4. The molecule has 0 aromatic carbocycles. The van der Waals surface area contributed by atoms with Gasteiger partial charge in [0.05, 0.1) is 0 Å². The van der Waals surface area contributed by atoms with Crippen LogP contribution in [0, 0.1) is 0 Å². The van der Waals surface area contributed by atoms with E-state index in [2.05, 4.69) is 20.8 Å². The lowest BCUT2D eigenvalue weighted by Crippen LogP contribution is -2.40. The van der Waals surface area contributed by atoms with E-state index in [1.807, 2.05) is 6.92 Å². The lowest BCUT2D eigenvalue weighted by molar-refractivity contribution is -0.135. The molecular formula is C18H38O2Si. The summed E-state index contributed by atoms with van der Waals surface area (Å²) < 4.78 is 6.13. The molecule has 0 radical (unpaired) electrons. The quantitative estimate of drug-likeness (QED) is 0.272. The predicted molar refractivity (Wildman–Crippen MR) is 95.1 cm³/mol. The third-order valence-corrected chi connectivity index (χ3v) is 8.78. The molecule has 0 saturated carbocycles. The van der Waals surface area contributed by atoms with Gasteiger partial charge in [0.25, 0.3) is 14.3 Å². The fraction of sp³-hybridized carbons (Fsp3) is 0.944. The van der Waals surface area contributed by atoms with Crippen LogP contribution in [0.5, 0.6) is 0 Å². The Hall–Kier alpha value is -0.313. The monoisotopic (exact) mass is 314 g/mol. The third kappa shape index (κ3) is 10.1. The van der Waals surface area contributed by atoms with Crippen molar-refractivity contribution in [2.24, 2.45) is 0 Å². The van der Waals surface area contributed by atoms with E-state index in [-0.39, 0.29) is 5.97 Å². The Morgan fingerprint density at radius 1 is 0.714 bits per heavy atom. The first kappa shape index (κ1) is 20.7. The smallest absolute Gasteiger partial charge is 0.292 e. The Kier molecular flexibility index (Phi) is 13.2. The van der Waals surface area contributed by atoms with Crippen molar-refractivity contribution < 1.29 is 9.22 Å². The van der Waals surface area contributed by atoms with Crippen LogP contribution in [-0.4, -0.2) is 14.3 Å². The van der Waals surface area contributed by atoms with Gasteiger partial charge in [0.1, 0.15) is 0 Å². The first-order valence-corrected chi connectivity index (χ1v) is 11.9. The molecule has 0 bridgehead atoms. The number of carbonyl (C=O) groups is 1. The molecule has 0 unspecified atom stereocenters. The number of carbonyl (C=O) groups excluding carboxylic acids is 1. The van der Waals surface area contributed by atoms with Gasteiger partial charge < -0.3 is 4.43 Å². The van der Waals surface area contributed by atoms with E-state index in [1.165, 1.54) is 75.9 Å². The Morgan fingerprint density at radius 2 is 1.10 bits per heavy atom. The molecule has 126 valence electrons. The molecule has 0 saturated heterocycles. The van der Waals surface area contributed by atoms with Gasteiger partial charge in [-0.05, 0) is 18.1 Å². The van der Waals surface area contributed by atoms with E-state index in [4.69, 9.17) is 4.43 Å². The van der Waals surface area contributed by atoms with Gasteiger partial charge in [0.15, 0.2) is 0 Å². The second-order valence-corrected chi connectivity index (χ2v) is 10.5. The van der Waals surface area contributed by atoms with Crippen molar-refractivity contribution in [3.8, 4) is 0 Å². The van der Waals surface area contributed by atoms with Crippen molar-refractivity contribution in [3.05, 3.63) is 0 Å². The molecule has 0 atom stereocenters. The molecular weight excluding hydrogens is 276 g/mol. The van der Waals surface area contributed by atoms with Gasteiger partial charge in [0.2, 0.25) is 0 Å². The van der Waals surface area contributed by atoms with Crippen LogP contribution in [-0.2, 0) is 9.22 Å². The molecule has 21 heavy (non-hydrogen) atoms. The Balaban J connectivity index is 4.73. The Bertz CT molecular complexity index is 227. The summed E-state index contributed by atoms with van der Waals surface area (Å²) in [5, 5.41) is 0. The van der Waals surface area contributed by atoms with Gasteiger partial charge >= 0.3 is 0 Å². The van der Waals surface area contributed by atoms with Crippen molar-refractivity contribution in [2.75, 3.05) is 0 Å². The molecule has 0 aliphatic carbocycles.